The van der Waals surface area contributed by atoms with Gasteiger partial charge < -0.3 is 19.5 Å². The zero-order chi connectivity index (χ0) is 24.2. The third-order valence-corrected chi connectivity index (χ3v) is 4.97. The molecule has 3 rings (SSSR count). The second kappa shape index (κ2) is 10.1. The highest BCUT2D eigenvalue weighted by atomic mass is 35.5. The molecule has 2 aliphatic rings. The molecule has 14 heteroatoms. The Labute approximate surface area is 190 Å². The highest BCUT2D eigenvalue weighted by Gasteiger charge is 2.51. The molecule has 0 bridgehead atoms. The number of nitrogens with zero attached hydrogens (tertiary/aromatic N) is 4. The summed E-state index contributed by atoms with van der Waals surface area (Å²) in [5, 5.41) is 5.97. The lowest BCUT2D eigenvalue weighted by molar-refractivity contribution is -0.684. The van der Waals surface area contributed by atoms with E-state index in [2.05, 4.69) is 20.4 Å². The van der Waals surface area contributed by atoms with Crippen LogP contribution in [0.3, 0.4) is 0 Å². The van der Waals surface area contributed by atoms with Crippen LogP contribution in [0.4, 0.5) is 22.0 Å². The van der Waals surface area contributed by atoms with Crippen molar-refractivity contribution in [3.8, 4) is 5.75 Å². The summed E-state index contributed by atoms with van der Waals surface area (Å²) >= 11 is 6.35. The van der Waals surface area contributed by atoms with Crippen molar-refractivity contribution in [3.05, 3.63) is 35.2 Å². The summed E-state index contributed by atoms with van der Waals surface area (Å²) in [5.74, 6) is -2.98. The van der Waals surface area contributed by atoms with Gasteiger partial charge in [0.05, 0.1) is 37.2 Å². The maximum absolute atomic E-state index is 15.0. The van der Waals surface area contributed by atoms with Crippen LogP contribution in [0.5, 0.6) is 5.75 Å². The fourth-order valence-corrected chi connectivity index (χ4v) is 3.14. The zero-order valence-electron chi connectivity index (χ0n) is 17.5. The van der Waals surface area contributed by atoms with Crippen LogP contribution in [0.25, 0.3) is 5.57 Å². The minimum atomic E-state index is -4.68. The van der Waals surface area contributed by atoms with Crippen LogP contribution >= 0.6 is 11.8 Å². The number of nitrogens with one attached hydrogen (secondary N) is 1. The second-order valence-corrected chi connectivity index (χ2v) is 7.35. The van der Waals surface area contributed by atoms with Gasteiger partial charge in [-0.15, -0.1) is 0 Å². The van der Waals surface area contributed by atoms with Gasteiger partial charge in [0.2, 0.25) is 11.8 Å². The molecule has 1 N–H and O–H groups in total. The van der Waals surface area contributed by atoms with Crippen molar-refractivity contribution in [2.24, 2.45) is 15.1 Å². The molecule has 0 saturated heterocycles. The predicted octanol–water partition coefficient (Wildman–Crippen LogP) is 3.58. The Morgan fingerprint density at radius 3 is 2.42 bits per heavy atom. The Kier molecular flexibility index (Phi) is 7.67. The Balaban J connectivity index is 1.92. The van der Waals surface area contributed by atoms with Gasteiger partial charge in [-0.05, 0) is 12.0 Å². The molecule has 2 aliphatic heterocycles. The smallest absolute Gasteiger partial charge is 0.408 e. The lowest BCUT2D eigenvalue weighted by Gasteiger charge is -2.28. The van der Waals surface area contributed by atoms with Crippen molar-refractivity contribution in [1.82, 2.24) is 5.32 Å². The topological polar surface area (TPSA) is 76.8 Å². The maximum atomic E-state index is 15.0. The van der Waals surface area contributed by atoms with E-state index in [-0.39, 0.29) is 30.5 Å². The first-order valence-corrected chi connectivity index (χ1v) is 9.94. The number of fused-ring (bicyclic) bond motifs is 1. The number of aliphatic imine (C=N–C) groups is 2. The first kappa shape index (κ1) is 25.0. The SMILES string of the molecule is COCCOCCOc1cc(F)c(C2=C(NC(C)C(F)(F)F)[N+]3(Cl)N=CN=C3N=C2)c(F)c1. The van der Waals surface area contributed by atoms with Gasteiger partial charge in [0.15, 0.2) is 6.34 Å². The van der Waals surface area contributed by atoms with Crippen molar-refractivity contribution >= 4 is 35.9 Å². The van der Waals surface area contributed by atoms with E-state index in [0.717, 1.165) is 31.6 Å². The lowest BCUT2D eigenvalue weighted by Crippen LogP contribution is -2.50. The molecule has 33 heavy (non-hydrogen) atoms. The van der Waals surface area contributed by atoms with Crippen molar-refractivity contribution in [2.75, 3.05) is 33.5 Å². The van der Waals surface area contributed by atoms with Crippen LogP contribution in [0.2, 0.25) is 0 Å². The van der Waals surface area contributed by atoms with Crippen LogP contribution < -0.4 is 10.1 Å². The van der Waals surface area contributed by atoms with E-state index in [1.165, 1.54) is 7.11 Å². The van der Waals surface area contributed by atoms with E-state index >= 15 is 0 Å². The Morgan fingerprint density at radius 2 is 1.79 bits per heavy atom. The first-order valence-electron chi connectivity index (χ1n) is 9.60. The number of benzene rings is 1. The normalized spacial score (nSPS) is 20.7. The summed E-state index contributed by atoms with van der Waals surface area (Å²) in [6, 6.07) is -0.324. The molecule has 180 valence electrons. The third kappa shape index (κ3) is 5.49. The molecule has 0 radical (unpaired) electrons. The molecular formula is C19H20ClF5N5O3+. The van der Waals surface area contributed by atoms with Crippen LogP contribution in [0.15, 0.2) is 33.0 Å². The molecule has 0 saturated carbocycles. The Bertz CT molecular complexity index is 991. The van der Waals surface area contributed by atoms with Crippen LogP contribution in [-0.2, 0) is 9.47 Å². The fraction of sp³-hybridized carbons (Fsp3) is 0.421. The van der Waals surface area contributed by atoms with Gasteiger partial charge in [0.25, 0.3) is 5.82 Å². The number of alkyl halides is 3. The van der Waals surface area contributed by atoms with Gasteiger partial charge in [-0.25, -0.2) is 8.78 Å². The summed E-state index contributed by atoms with van der Waals surface area (Å²) in [5.41, 5.74) is -1.01. The van der Waals surface area contributed by atoms with E-state index < -0.39 is 39.3 Å². The minimum Gasteiger partial charge on any atom is -0.491 e. The number of methoxy groups -OCH3 is 1. The molecule has 2 unspecified atom stereocenters. The van der Waals surface area contributed by atoms with E-state index in [9.17, 15) is 22.0 Å². The maximum Gasteiger partial charge on any atom is 0.408 e. The molecule has 1 aromatic carbocycles. The number of hydrogen-bond acceptors (Lipinski definition) is 7. The standard InChI is InChI=1S/C19H20ClF5N5O3/c1-11(19(23,24)25)29-17-13(9-26-18-27-10-28-30(17,18)20)16-14(21)7-12(8-15(16)22)33-6-5-32-4-3-31-2/h7-11,29H,3-6H2,1-2H3/q+1. The molecule has 2 atom stereocenters. The average Bonchev–Trinajstić information content (AvgIpc) is 3.12. The van der Waals surface area contributed by atoms with Crippen molar-refractivity contribution in [1.29, 1.82) is 0 Å². The predicted molar refractivity (Wildman–Crippen MR) is 111 cm³/mol. The average molecular weight is 497 g/mol. The van der Waals surface area contributed by atoms with E-state index in [0.29, 0.717) is 13.2 Å². The lowest BCUT2D eigenvalue weighted by atomic mass is 10.0. The summed E-state index contributed by atoms with van der Waals surface area (Å²) in [6.45, 7) is 1.71. The van der Waals surface area contributed by atoms with Crippen molar-refractivity contribution in [3.63, 3.8) is 0 Å². The highest BCUT2D eigenvalue weighted by Crippen LogP contribution is 2.38. The molecule has 0 fully saturated rings. The molecule has 0 aliphatic carbocycles. The van der Waals surface area contributed by atoms with Gasteiger partial charge in [0.1, 0.15) is 30.0 Å². The summed E-state index contributed by atoms with van der Waals surface area (Å²) in [7, 11) is 1.52. The number of ether oxygens (including phenoxy) is 3. The zero-order valence-corrected chi connectivity index (χ0v) is 18.3. The number of halogens is 6. The van der Waals surface area contributed by atoms with Crippen molar-refractivity contribution < 1.29 is 40.3 Å². The van der Waals surface area contributed by atoms with Gasteiger partial charge in [-0.2, -0.15) is 23.2 Å². The van der Waals surface area contributed by atoms with Gasteiger partial charge in [0, 0.05) is 23.4 Å². The molecular weight excluding hydrogens is 477 g/mol. The molecule has 2 heterocycles. The van der Waals surface area contributed by atoms with Crippen LogP contribution in [-0.4, -0.2) is 68.4 Å². The first-order chi connectivity index (χ1) is 15.6. The number of allylic oxidation sites excluding steroid dienone is 1. The quantitative estimate of drug-likeness (QED) is 0.305. The van der Waals surface area contributed by atoms with Crippen LogP contribution in [0, 0.1) is 11.6 Å². The van der Waals surface area contributed by atoms with Gasteiger partial charge in [-0.3, -0.25) is 0 Å². The number of guanidine groups is 1. The Hall–Kier alpha value is -2.61. The monoisotopic (exact) mass is 496 g/mol. The largest absolute Gasteiger partial charge is 0.491 e. The van der Waals surface area contributed by atoms with E-state index in [1.807, 2.05) is 0 Å². The second-order valence-electron chi connectivity index (χ2n) is 6.86. The Morgan fingerprint density at radius 1 is 1.12 bits per heavy atom. The van der Waals surface area contributed by atoms with Crippen molar-refractivity contribution in [2.45, 2.75) is 19.1 Å². The molecule has 1 aromatic rings. The van der Waals surface area contributed by atoms with E-state index in [1.54, 1.807) is 0 Å². The molecule has 8 nitrogen and oxygen atoms in total. The number of hydrogen-bond donors (Lipinski definition) is 1. The molecule has 0 spiro atoms. The summed E-state index contributed by atoms with van der Waals surface area (Å²) in [4.78, 5) is 7.68. The van der Waals surface area contributed by atoms with Crippen LogP contribution in [0.1, 0.15) is 12.5 Å². The highest BCUT2D eigenvalue weighted by molar-refractivity contribution is 6.22. The fourth-order valence-electron chi connectivity index (χ4n) is 2.87. The minimum absolute atomic E-state index is 0.0121. The number of quaternary nitrogens is 1. The molecule has 0 amide bonds. The third-order valence-electron chi connectivity index (χ3n) is 4.57. The summed E-state index contributed by atoms with van der Waals surface area (Å²) in [6.07, 6.45) is -2.71. The number of rotatable bonds is 10. The van der Waals surface area contributed by atoms with E-state index in [4.69, 9.17) is 26.0 Å². The summed E-state index contributed by atoms with van der Waals surface area (Å²) < 4.78 is 83.7. The van der Waals surface area contributed by atoms with Gasteiger partial charge in [-0.1, -0.05) is 0 Å². The molecule has 0 aromatic heterocycles. The van der Waals surface area contributed by atoms with Gasteiger partial charge >= 0.3 is 12.1 Å².